The van der Waals surface area contributed by atoms with Gasteiger partial charge in [-0.05, 0) is 47.2 Å². The molecule has 0 aliphatic rings. The van der Waals surface area contributed by atoms with Crippen molar-refractivity contribution in [1.82, 2.24) is 4.31 Å². The van der Waals surface area contributed by atoms with Gasteiger partial charge >= 0.3 is 5.97 Å². The molecule has 1 aromatic rings. The van der Waals surface area contributed by atoms with Gasteiger partial charge in [0, 0.05) is 17.2 Å². The maximum absolute atomic E-state index is 12.3. The van der Waals surface area contributed by atoms with Crippen LogP contribution in [0.15, 0.2) is 23.1 Å². The summed E-state index contributed by atoms with van der Waals surface area (Å²) in [5.41, 5.74) is 1.00. The Morgan fingerprint density at radius 1 is 1.47 bits per heavy atom. The van der Waals surface area contributed by atoms with Crippen molar-refractivity contribution in [3.63, 3.8) is 0 Å². The lowest BCUT2D eigenvalue weighted by atomic mass is 10.2. The number of benzene rings is 1. The Bertz CT molecular complexity index is 585. The third-order valence-corrected chi connectivity index (χ3v) is 5.79. The molecule has 0 bridgehead atoms. The van der Waals surface area contributed by atoms with Crippen molar-refractivity contribution in [3.05, 3.63) is 27.3 Å². The third kappa shape index (κ3) is 3.90. The number of rotatable bonds is 5. The molecular weight excluding hydrogens is 381 g/mol. The molecule has 1 N–H and O–H groups in total. The SMILES string of the molecule is Cc1ccc(S(=O)(=O)N(C)CC(C)C(=O)O)cc1I. The van der Waals surface area contributed by atoms with Crippen LogP contribution in [-0.2, 0) is 14.8 Å². The summed E-state index contributed by atoms with van der Waals surface area (Å²) < 4.78 is 26.5. The van der Waals surface area contributed by atoms with E-state index in [9.17, 15) is 13.2 Å². The fourth-order valence-corrected chi connectivity index (χ4v) is 3.49. The zero-order valence-corrected chi connectivity index (χ0v) is 13.9. The quantitative estimate of drug-likeness (QED) is 0.771. The average Bonchev–Trinajstić information content (AvgIpc) is 2.32. The minimum Gasteiger partial charge on any atom is -0.481 e. The van der Waals surface area contributed by atoms with E-state index in [1.165, 1.54) is 20.0 Å². The molecule has 0 saturated heterocycles. The molecule has 0 saturated carbocycles. The van der Waals surface area contributed by atoms with E-state index >= 15 is 0 Å². The van der Waals surface area contributed by atoms with E-state index in [0.29, 0.717) is 0 Å². The van der Waals surface area contributed by atoms with E-state index in [-0.39, 0.29) is 11.4 Å². The van der Waals surface area contributed by atoms with Crippen LogP contribution in [0.4, 0.5) is 0 Å². The van der Waals surface area contributed by atoms with E-state index in [0.717, 1.165) is 13.4 Å². The summed E-state index contributed by atoms with van der Waals surface area (Å²) in [6.07, 6.45) is 0. The first-order valence-corrected chi connectivity index (χ1v) is 8.13. The summed E-state index contributed by atoms with van der Waals surface area (Å²) in [5, 5.41) is 8.82. The van der Waals surface area contributed by atoms with Gasteiger partial charge in [0.15, 0.2) is 0 Å². The molecule has 19 heavy (non-hydrogen) atoms. The number of aryl methyl sites for hydroxylation is 1. The summed E-state index contributed by atoms with van der Waals surface area (Å²) in [5.74, 6) is -1.76. The van der Waals surface area contributed by atoms with Gasteiger partial charge in [0.2, 0.25) is 10.0 Å². The molecule has 0 aliphatic heterocycles. The highest BCUT2D eigenvalue weighted by Crippen LogP contribution is 2.20. The molecule has 106 valence electrons. The zero-order chi connectivity index (χ0) is 14.8. The van der Waals surface area contributed by atoms with E-state index < -0.39 is 21.9 Å². The summed E-state index contributed by atoms with van der Waals surface area (Å²) in [4.78, 5) is 11.0. The number of aliphatic carboxylic acids is 1. The van der Waals surface area contributed by atoms with Crippen LogP contribution in [0.25, 0.3) is 0 Å². The molecule has 7 heteroatoms. The van der Waals surface area contributed by atoms with E-state index in [1.807, 2.05) is 6.92 Å². The van der Waals surface area contributed by atoms with Crippen molar-refractivity contribution >= 4 is 38.6 Å². The monoisotopic (exact) mass is 397 g/mol. The van der Waals surface area contributed by atoms with Gasteiger partial charge in [-0.1, -0.05) is 13.0 Å². The molecule has 5 nitrogen and oxygen atoms in total. The highest BCUT2D eigenvalue weighted by Gasteiger charge is 2.25. The molecule has 1 atom stereocenters. The van der Waals surface area contributed by atoms with Crippen molar-refractivity contribution in [2.45, 2.75) is 18.7 Å². The topological polar surface area (TPSA) is 74.7 Å². The first-order valence-electron chi connectivity index (χ1n) is 5.61. The largest absolute Gasteiger partial charge is 0.481 e. The fraction of sp³-hybridized carbons (Fsp3) is 0.417. The number of carboxylic acids is 1. The van der Waals surface area contributed by atoms with Crippen LogP contribution in [0, 0.1) is 16.4 Å². The Morgan fingerprint density at radius 2 is 2.05 bits per heavy atom. The number of hydrogen-bond donors (Lipinski definition) is 1. The number of hydrogen-bond acceptors (Lipinski definition) is 3. The second kappa shape index (κ2) is 6.19. The molecule has 0 heterocycles. The Morgan fingerprint density at radius 3 is 2.53 bits per heavy atom. The van der Waals surface area contributed by atoms with Gasteiger partial charge in [-0.15, -0.1) is 0 Å². The van der Waals surface area contributed by atoms with Gasteiger partial charge in [-0.25, -0.2) is 12.7 Å². The number of carbonyl (C=O) groups is 1. The van der Waals surface area contributed by atoms with Gasteiger partial charge in [0.05, 0.1) is 10.8 Å². The van der Waals surface area contributed by atoms with Crippen LogP contribution in [0.3, 0.4) is 0 Å². The van der Waals surface area contributed by atoms with Gasteiger partial charge in [0.1, 0.15) is 0 Å². The molecule has 0 amide bonds. The molecular formula is C12H16INO4S. The Balaban J connectivity index is 3.03. The van der Waals surface area contributed by atoms with Gasteiger partial charge in [-0.2, -0.15) is 0 Å². The van der Waals surface area contributed by atoms with E-state index in [2.05, 4.69) is 22.6 Å². The molecule has 0 aliphatic carbocycles. The molecule has 0 aromatic heterocycles. The minimum absolute atomic E-state index is 0.0535. The van der Waals surface area contributed by atoms with Crippen LogP contribution in [0.1, 0.15) is 12.5 Å². The molecule has 1 rings (SSSR count). The van der Waals surface area contributed by atoms with Crippen LogP contribution in [-0.4, -0.2) is 37.4 Å². The summed E-state index contributed by atoms with van der Waals surface area (Å²) in [6, 6.07) is 4.87. The molecule has 0 spiro atoms. The summed E-state index contributed by atoms with van der Waals surface area (Å²) in [7, 11) is -2.25. The molecule has 0 fully saturated rings. The molecule has 0 radical (unpaired) electrons. The first kappa shape index (κ1) is 16.4. The Labute approximate surface area is 126 Å². The fourth-order valence-electron chi connectivity index (χ4n) is 1.48. The maximum atomic E-state index is 12.3. The molecule has 1 aromatic carbocycles. The van der Waals surface area contributed by atoms with Crippen molar-refractivity contribution in [1.29, 1.82) is 0 Å². The Hall–Kier alpha value is -0.670. The highest BCUT2D eigenvalue weighted by atomic mass is 127. The lowest BCUT2D eigenvalue weighted by molar-refractivity contribution is -0.141. The second-order valence-corrected chi connectivity index (χ2v) is 7.64. The lowest BCUT2D eigenvalue weighted by Crippen LogP contribution is -2.33. The van der Waals surface area contributed by atoms with Crippen LogP contribution in [0.2, 0.25) is 0 Å². The number of carboxylic acid groups (broad SMARTS) is 1. The summed E-state index contributed by atoms with van der Waals surface area (Å²) in [6.45, 7) is 3.32. The third-order valence-electron chi connectivity index (χ3n) is 2.80. The first-order chi connectivity index (χ1) is 8.66. The Kier molecular flexibility index (Phi) is 5.34. The van der Waals surface area contributed by atoms with Crippen molar-refractivity contribution < 1.29 is 18.3 Å². The number of halogens is 1. The standard InChI is InChI=1S/C12H16INO4S/c1-8-4-5-10(6-11(8)13)19(17,18)14(3)7-9(2)12(15)16/h4-6,9H,7H2,1-3H3,(H,15,16). The average molecular weight is 397 g/mol. The second-order valence-electron chi connectivity index (χ2n) is 4.44. The predicted molar refractivity (Wildman–Crippen MR) is 80.5 cm³/mol. The highest BCUT2D eigenvalue weighted by molar-refractivity contribution is 14.1. The zero-order valence-electron chi connectivity index (χ0n) is 10.9. The van der Waals surface area contributed by atoms with Crippen LogP contribution < -0.4 is 0 Å². The lowest BCUT2D eigenvalue weighted by Gasteiger charge is -2.19. The van der Waals surface area contributed by atoms with Gasteiger partial charge in [0.25, 0.3) is 0 Å². The van der Waals surface area contributed by atoms with Gasteiger partial charge < -0.3 is 5.11 Å². The predicted octanol–water partition coefficient (Wildman–Crippen LogP) is 1.94. The minimum atomic E-state index is -3.64. The smallest absolute Gasteiger partial charge is 0.307 e. The number of sulfonamides is 1. The normalized spacial score (nSPS) is 13.5. The van der Waals surface area contributed by atoms with Crippen molar-refractivity contribution in [3.8, 4) is 0 Å². The number of nitrogens with zero attached hydrogens (tertiary/aromatic N) is 1. The van der Waals surface area contributed by atoms with Crippen molar-refractivity contribution in [2.75, 3.05) is 13.6 Å². The summed E-state index contributed by atoms with van der Waals surface area (Å²) >= 11 is 2.07. The maximum Gasteiger partial charge on any atom is 0.307 e. The van der Waals surface area contributed by atoms with Gasteiger partial charge in [-0.3, -0.25) is 4.79 Å². The van der Waals surface area contributed by atoms with Crippen molar-refractivity contribution in [2.24, 2.45) is 5.92 Å². The van der Waals surface area contributed by atoms with E-state index in [1.54, 1.807) is 12.1 Å². The van der Waals surface area contributed by atoms with Crippen LogP contribution >= 0.6 is 22.6 Å². The molecule has 1 unspecified atom stereocenters. The van der Waals surface area contributed by atoms with E-state index in [4.69, 9.17) is 5.11 Å². The van der Waals surface area contributed by atoms with Crippen LogP contribution in [0.5, 0.6) is 0 Å².